The van der Waals surface area contributed by atoms with E-state index in [0.717, 1.165) is 16.5 Å². The van der Waals surface area contributed by atoms with Gasteiger partial charge in [-0.15, -0.1) is 0 Å². The van der Waals surface area contributed by atoms with Crippen LogP contribution < -0.4 is 0 Å². The van der Waals surface area contributed by atoms with Crippen molar-refractivity contribution < 1.29 is 23.8 Å². The van der Waals surface area contributed by atoms with Crippen LogP contribution in [0.1, 0.15) is 18.1 Å². The smallest absolute Gasteiger partial charge is 0.411 e. The first-order valence-corrected chi connectivity index (χ1v) is 8.19. The molecule has 7 heteroatoms. The molecule has 0 heterocycles. The highest BCUT2D eigenvalue weighted by Gasteiger charge is 2.44. The van der Waals surface area contributed by atoms with Gasteiger partial charge in [-0.3, -0.25) is 4.90 Å². The third-order valence-electron chi connectivity index (χ3n) is 4.02. The van der Waals surface area contributed by atoms with E-state index in [-0.39, 0.29) is 12.2 Å². The van der Waals surface area contributed by atoms with Crippen LogP contribution in [-0.2, 0) is 21.7 Å². The van der Waals surface area contributed by atoms with Gasteiger partial charge in [0.1, 0.15) is 12.4 Å². The van der Waals surface area contributed by atoms with Gasteiger partial charge < -0.3 is 9.84 Å². The molecule has 0 radical (unpaired) electrons. The predicted molar refractivity (Wildman–Crippen MR) is 93.5 cm³/mol. The van der Waals surface area contributed by atoms with Crippen molar-refractivity contribution >= 4 is 28.0 Å². The molecule has 5 nitrogen and oxygen atoms in total. The number of carbonyl (C=O) groups is 2. The number of hydrogen-bond acceptors (Lipinski definition) is 3. The summed E-state index contributed by atoms with van der Waals surface area (Å²) in [7, 11) is 1.27. The molecule has 0 aromatic heterocycles. The molecule has 0 bridgehead atoms. The molecule has 1 atom stereocenters. The van der Waals surface area contributed by atoms with Crippen LogP contribution in [0, 0.1) is 5.82 Å². The molecule has 1 amide bonds. The van der Waals surface area contributed by atoms with Gasteiger partial charge in [-0.1, -0.05) is 52.3 Å². The van der Waals surface area contributed by atoms with E-state index in [4.69, 9.17) is 4.74 Å². The van der Waals surface area contributed by atoms with Crippen molar-refractivity contribution in [3.63, 3.8) is 0 Å². The third-order valence-corrected chi connectivity index (χ3v) is 4.52. The van der Waals surface area contributed by atoms with Crippen LogP contribution in [0.25, 0.3) is 0 Å². The number of nitrogens with zero attached hydrogens (tertiary/aromatic N) is 1. The minimum Gasteiger partial charge on any atom is -0.479 e. The summed E-state index contributed by atoms with van der Waals surface area (Å²) < 4.78 is 19.9. The van der Waals surface area contributed by atoms with Gasteiger partial charge in [-0.05, 0) is 24.6 Å². The van der Waals surface area contributed by atoms with E-state index >= 15 is 0 Å². The second-order valence-electron chi connectivity index (χ2n) is 5.60. The Morgan fingerprint density at radius 3 is 2.44 bits per heavy atom. The van der Waals surface area contributed by atoms with E-state index in [1.807, 2.05) is 6.07 Å². The molecule has 0 saturated heterocycles. The van der Waals surface area contributed by atoms with Crippen LogP contribution >= 0.6 is 15.9 Å². The molecule has 0 spiro atoms. The lowest BCUT2D eigenvalue weighted by Gasteiger charge is -2.34. The van der Waals surface area contributed by atoms with Crippen LogP contribution in [0.5, 0.6) is 0 Å². The summed E-state index contributed by atoms with van der Waals surface area (Å²) in [6, 6.07) is 13.0. The van der Waals surface area contributed by atoms with Gasteiger partial charge in [-0.25, -0.2) is 14.0 Å². The van der Waals surface area contributed by atoms with Crippen LogP contribution in [0.3, 0.4) is 0 Å². The average Bonchev–Trinajstić information content (AvgIpc) is 2.59. The van der Waals surface area contributed by atoms with Gasteiger partial charge in [0.15, 0.2) is 5.54 Å². The number of ether oxygens (including phenoxy) is 1. The Hall–Kier alpha value is -2.41. The number of carboxylic acid groups (broad SMARTS) is 1. The molecule has 25 heavy (non-hydrogen) atoms. The molecular weight excluding hydrogens is 393 g/mol. The zero-order valence-electron chi connectivity index (χ0n) is 13.7. The maximum atomic E-state index is 14.3. The molecule has 2 aromatic carbocycles. The minimum absolute atomic E-state index is 0.0114. The highest BCUT2D eigenvalue weighted by molar-refractivity contribution is 9.10. The number of carbonyl (C=O) groups excluding carboxylic acids is 1. The SMILES string of the molecule is CN(C(=O)OCc1ccccc1)C(C)(C(=O)O)c1ccc(Br)cc1F. The second kappa shape index (κ2) is 7.65. The summed E-state index contributed by atoms with van der Waals surface area (Å²) in [6.07, 6.45) is -0.865. The van der Waals surface area contributed by atoms with E-state index in [0.29, 0.717) is 4.47 Å². The number of rotatable bonds is 5. The molecule has 0 saturated carbocycles. The fourth-order valence-electron chi connectivity index (χ4n) is 2.32. The first-order chi connectivity index (χ1) is 11.8. The van der Waals surface area contributed by atoms with Crippen molar-refractivity contribution in [2.24, 2.45) is 0 Å². The number of aliphatic carboxylic acids is 1. The van der Waals surface area contributed by atoms with Crippen molar-refractivity contribution in [3.05, 3.63) is 69.9 Å². The highest BCUT2D eigenvalue weighted by atomic mass is 79.9. The maximum absolute atomic E-state index is 14.3. The average molecular weight is 410 g/mol. The first-order valence-electron chi connectivity index (χ1n) is 7.40. The predicted octanol–water partition coefficient (Wildman–Crippen LogP) is 4.16. The Morgan fingerprint density at radius 1 is 1.24 bits per heavy atom. The summed E-state index contributed by atoms with van der Waals surface area (Å²) in [6.45, 7) is 1.24. The summed E-state index contributed by atoms with van der Waals surface area (Å²) >= 11 is 3.12. The lowest BCUT2D eigenvalue weighted by atomic mass is 9.90. The van der Waals surface area contributed by atoms with E-state index in [1.165, 1.54) is 26.1 Å². The fraction of sp³-hybridized carbons (Fsp3) is 0.222. The van der Waals surface area contributed by atoms with E-state index in [2.05, 4.69) is 15.9 Å². The Balaban J connectivity index is 2.26. The summed E-state index contributed by atoms with van der Waals surface area (Å²) in [5.74, 6) is -2.10. The minimum atomic E-state index is -1.92. The first kappa shape index (κ1) is 18.9. The van der Waals surface area contributed by atoms with Crippen molar-refractivity contribution in [1.82, 2.24) is 4.90 Å². The lowest BCUT2D eigenvalue weighted by molar-refractivity contribution is -0.149. The molecule has 0 fully saturated rings. The molecule has 0 aliphatic rings. The third kappa shape index (κ3) is 3.99. The Morgan fingerprint density at radius 2 is 1.88 bits per heavy atom. The largest absolute Gasteiger partial charge is 0.479 e. The van der Waals surface area contributed by atoms with Gasteiger partial charge in [0.25, 0.3) is 0 Å². The van der Waals surface area contributed by atoms with Gasteiger partial charge in [0.2, 0.25) is 0 Å². The van der Waals surface area contributed by atoms with E-state index in [1.54, 1.807) is 24.3 Å². The molecular formula is C18H17BrFNO4. The summed E-state index contributed by atoms with van der Waals surface area (Å²) in [5, 5.41) is 9.66. The molecule has 1 unspecified atom stereocenters. The van der Waals surface area contributed by atoms with Crippen molar-refractivity contribution in [2.45, 2.75) is 19.1 Å². The van der Waals surface area contributed by atoms with Gasteiger partial charge >= 0.3 is 12.1 Å². The number of likely N-dealkylation sites (N-methyl/N-ethyl adjacent to an activating group) is 1. The monoisotopic (exact) mass is 409 g/mol. The van der Waals surface area contributed by atoms with E-state index < -0.39 is 23.4 Å². The number of amides is 1. The number of carboxylic acids is 1. The fourth-order valence-corrected chi connectivity index (χ4v) is 2.66. The van der Waals surface area contributed by atoms with Crippen molar-refractivity contribution in [3.8, 4) is 0 Å². The van der Waals surface area contributed by atoms with Crippen LogP contribution in [0.4, 0.5) is 9.18 Å². The van der Waals surface area contributed by atoms with Gasteiger partial charge in [0.05, 0.1) is 0 Å². The molecule has 132 valence electrons. The zero-order chi connectivity index (χ0) is 18.6. The Labute approximate surface area is 153 Å². The maximum Gasteiger partial charge on any atom is 0.411 e. The topological polar surface area (TPSA) is 66.8 Å². The van der Waals surface area contributed by atoms with Crippen LogP contribution in [0.15, 0.2) is 53.0 Å². The van der Waals surface area contributed by atoms with E-state index in [9.17, 15) is 19.1 Å². The summed E-state index contributed by atoms with van der Waals surface area (Å²) in [5.41, 5.74) is -1.29. The molecule has 1 N–H and O–H groups in total. The van der Waals surface area contributed by atoms with Crippen molar-refractivity contribution in [2.75, 3.05) is 7.05 Å². The standard InChI is InChI=1S/C18H17BrFNO4/c1-18(16(22)23,14-9-8-13(19)10-15(14)20)21(2)17(24)25-11-12-6-4-3-5-7-12/h3-10H,11H2,1-2H3,(H,22,23). The highest BCUT2D eigenvalue weighted by Crippen LogP contribution is 2.32. The summed E-state index contributed by atoms with van der Waals surface area (Å²) in [4.78, 5) is 25.1. The van der Waals surface area contributed by atoms with Gasteiger partial charge in [-0.2, -0.15) is 0 Å². The number of hydrogen-bond donors (Lipinski definition) is 1. The second-order valence-corrected chi connectivity index (χ2v) is 6.52. The molecule has 2 rings (SSSR count). The van der Waals surface area contributed by atoms with Crippen LogP contribution in [0.2, 0.25) is 0 Å². The molecule has 0 aliphatic carbocycles. The van der Waals surface area contributed by atoms with Gasteiger partial charge in [0, 0.05) is 17.1 Å². The number of halogens is 2. The molecule has 0 aliphatic heterocycles. The Bertz CT molecular complexity index is 784. The molecule has 2 aromatic rings. The lowest BCUT2D eigenvalue weighted by Crippen LogP contribution is -2.51. The normalized spacial score (nSPS) is 13.0. The quantitative estimate of drug-likeness (QED) is 0.804. The zero-order valence-corrected chi connectivity index (χ0v) is 15.3. The number of benzene rings is 2. The van der Waals surface area contributed by atoms with Crippen LogP contribution in [-0.4, -0.2) is 29.1 Å². The Kier molecular flexibility index (Phi) is 5.79. The van der Waals surface area contributed by atoms with Crippen molar-refractivity contribution in [1.29, 1.82) is 0 Å².